The zero-order valence-electron chi connectivity index (χ0n) is 17.9. The number of carbonyl (C=O) groups is 1. The summed E-state index contributed by atoms with van der Waals surface area (Å²) in [4.78, 5) is 20.2. The molecule has 4 N–H and O–H groups in total. The van der Waals surface area contributed by atoms with Crippen LogP contribution < -0.4 is 11.1 Å². The fourth-order valence-electron chi connectivity index (χ4n) is 3.27. The second-order valence-electron chi connectivity index (χ2n) is 7.19. The maximum atomic E-state index is 14.7. The summed E-state index contributed by atoms with van der Waals surface area (Å²) in [5, 5.41) is 12.5. The highest BCUT2D eigenvalue weighted by molar-refractivity contribution is 5.72. The summed E-state index contributed by atoms with van der Waals surface area (Å²) in [5.41, 5.74) is 8.33. The average molecular weight is 419 g/mol. The van der Waals surface area contributed by atoms with E-state index in [1.807, 2.05) is 13.8 Å². The number of nitrogens with one attached hydrogen (secondary N) is 1. The van der Waals surface area contributed by atoms with Crippen LogP contribution in [0.3, 0.4) is 0 Å². The number of hydrogen-bond acceptors (Lipinski definition) is 7. The molecule has 0 saturated heterocycles. The minimum Gasteiger partial charge on any atom is -0.466 e. The SMILES string of the molecule is CCOC(=O)Cc1ccc(Cc2c(C)nc(N)nc2NC(CC)CCCO)c(F)c1. The zero-order chi connectivity index (χ0) is 22.1. The number of benzene rings is 1. The Morgan fingerprint density at radius 2 is 2.10 bits per heavy atom. The molecule has 0 aliphatic rings. The van der Waals surface area contributed by atoms with Gasteiger partial charge < -0.3 is 20.9 Å². The van der Waals surface area contributed by atoms with Gasteiger partial charge in [0.25, 0.3) is 0 Å². The Labute approximate surface area is 176 Å². The highest BCUT2D eigenvalue weighted by Crippen LogP contribution is 2.25. The molecule has 164 valence electrons. The summed E-state index contributed by atoms with van der Waals surface area (Å²) in [7, 11) is 0. The first kappa shape index (κ1) is 23.5. The molecule has 0 amide bonds. The van der Waals surface area contributed by atoms with Gasteiger partial charge >= 0.3 is 5.97 Å². The minimum absolute atomic E-state index is 0.0326. The average Bonchev–Trinajstić information content (AvgIpc) is 2.69. The van der Waals surface area contributed by atoms with Crippen LogP contribution in [0.25, 0.3) is 0 Å². The molecule has 2 rings (SSSR count). The summed E-state index contributed by atoms with van der Waals surface area (Å²) >= 11 is 0. The Morgan fingerprint density at radius 1 is 1.33 bits per heavy atom. The molecule has 0 aliphatic heterocycles. The lowest BCUT2D eigenvalue weighted by molar-refractivity contribution is -0.142. The number of aromatic nitrogens is 2. The molecule has 1 heterocycles. The van der Waals surface area contributed by atoms with Crippen molar-refractivity contribution in [2.75, 3.05) is 24.3 Å². The molecule has 0 saturated carbocycles. The van der Waals surface area contributed by atoms with E-state index in [0.29, 0.717) is 35.7 Å². The lowest BCUT2D eigenvalue weighted by Crippen LogP contribution is -2.22. The molecule has 0 bridgehead atoms. The number of anilines is 2. The molecule has 1 unspecified atom stereocenters. The van der Waals surface area contributed by atoms with Crippen molar-refractivity contribution in [3.8, 4) is 0 Å². The van der Waals surface area contributed by atoms with Gasteiger partial charge in [-0.3, -0.25) is 4.79 Å². The first-order valence-corrected chi connectivity index (χ1v) is 10.3. The molecule has 1 aromatic carbocycles. The van der Waals surface area contributed by atoms with Gasteiger partial charge in [-0.05, 0) is 50.3 Å². The molecule has 0 spiro atoms. The topological polar surface area (TPSA) is 110 Å². The lowest BCUT2D eigenvalue weighted by atomic mass is 10.0. The van der Waals surface area contributed by atoms with Gasteiger partial charge in [0.1, 0.15) is 11.6 Å². The van der Waals surface area contributed by atoms with E-state index in [1.165, 1.54) is 6.07 Å². The van der Waals surface area contributed by atoms with Crippen LogP contribution in [0.2, 0.25) is 0 Å². The fraction of sp³-hybridized carbons (Fsp3) is 0.500. The van der Waals surface area contributed by atoms with E-state index in [-0.39, 0.29) is 37.4 Å². The van der Waals surface area contributed by atoms with Crippen molar-refractivity contribution >= 4 is 17.7 Å². The number of nitrogens with zero attached hydrogens (tertiary/aromatic N) is 2. The van der Waals surface area contributed by atoms with Gasteiger partial charge in [0.05, 0.1) is 13.0 Å². The number of rotatable bonds is 11. The van der Waals surface area contributed by atoms with Crippen LogP contribution in [0, 0.1) is 12.7 Å². The first-order chi connectivity index (χ1) is 14.4. The maximum absolute atomic E-state index is 14.7. The number of esters is 1. The Kier molecular flexibility index (Phi) is 8.98. The number of aliphatic hydroxyl groups is 1. The number of carbonyl (C=O) groups excluding carboxylic acids is 1. The number of aliphatic hydroxyl groups excluding tert-OH is 1. The maximum Gasteiger partial charge on any atom is 0.310 e. The van der Waals surface area contributed by atoms with Gasteiger partial charge in [-0.15, -0.1) is 0 Å². The number of nitrogen functional groups attached to an aromatic ring is 1. The molecule has 2 aromatic rings. The van der Waals surface area contributed by atoms with Crippen molar-refractivity contribution in [2.45, 2.75) is 58.9 Å². The van der Waals surface area contributed by atoms with Crippen molar-refractivity contribution in [1.82, 2.24) is 9.97 Å². The van der Waals surface area contributed by atoms with Crippen molar-refractivity contribution < 1.29 is 19.0 Å². The second-order valence-corrected chi connectivity index (χ2v) is 7.19. The number of halogens is 1. The molecule has 7 nitrogen and oxygen atoms in total. The van der Waals surface area contributed by atoms with Gasteiger partial charge in [-0.25, -0.2) is 9.37 Å². The minimum atomic E-state index is -0.397. The predicted octanol–water partition coefficient (Wildman–Crippen LogP) is 3.17. The number of ether oxygens (including phenoxy) is 1. The standard InChI is InChI=1S/C22H31FN4O3/c1-4-17(7-6-10-28)26-21-18(14(3)25-22(24)27-21)13-16-9-8-15(11-19(16)23)12-20(29)30-5-2/h8-9,11,17,28H,4-7,10,12-13H2,1-3H3,(H3,24,25,26,27). The van der Waals surface area contributed by atoms with Crippen LogP contribution in [0.5, 0.6) is 0 Å². The van der Waals surface area contributed by atoms with Gasteiger partial charge in [-0.2, -0.15) is 4.98 Å². The highest BCUT2D eigenvalue weighted by Gasteiger charge is 2.17. The van der Waals surface area contributed by atoms with Gasteiger partial charge in [0.15, 0.2) is 0 Å². The summed E-state index contributed by atoms with van der Waals surface area (Å²) in [5.74, 6) is -0.0421. The van der Waals surface area contributed by atoms with Crippen molar-refractivity contribution in [3.63, 3.8) is 0 Å². The summed E-state index contributed by atoms with van der Waals surface area (Å²) in [6, 6.07) is 4.88. The zero-order valence-corrected chi connectivity index (χ0v) is 17.9. The Morgan fingerprint density at radius 3 is 2.73 bits per heavy atom. The molecule has 1 atom stereocenters. The molecular formula is C22H31FN4O3. The monoisotopic (exact) mass is 418 g/mol. The van der Waals surface area contributed by atoms with E-state index in [4.69, 9.17) is 15.6 Å². The smallest absolute Gasteiger partial charge is 0.310 e. The van der Waals surface area contributed by atoms with E-state index in [9.17, 15) is 9.18 Å². The fourth-order valence-corrected chi connectivity index (χ4v) is 3.27. The van der Waals surface area contributed by atoms with Crippen LogP contribution in [-0.2, 0) is 22.4 Å². The first-order valence-electron chi connectivity index (χ1n) is 10.3. The molecule has 0 aliphatic carbocycles. The molecule has 1 aromatic heterocycles. The van der Waals surface area contributed by atoms with Crippen LogP contribution in [0.15, 0.2) is 18.2 Å². The third-order valence-electron chi connectivity index (χ3n) is 4.91. The summed E-state index contributed by atoms with van der Waals surface area (Å²) in [6.45, 7) is 6.02. The van der Waals surface area contributed by atoms with E-state index in [1.54, 1.807) is 19.1 Å². The van der Waals surface area contributed by atoms with Crippen molar-refractivity contribution in [2.24, 2.45) is 0 Å². The normalized spacial score (nSPS) is 11.9. The Bertz CT molecular complexity index is 861. The number of aryl methyl sites for hydroxylation is 1. The van der Waals surface area contributed by atoms with Crippen molar-refractivity contribution in [3.05, 3.63) is 46.4 Å². The van der Waals surface area contributed by atoms with Crippen LogP contribution in [0.1, 0.15) is 55.5 Å². The van der Waals surface area contributed by atoms with Gasteiger partial charge in [-0.1, -0.05) is 19.1 Å². The molecule has 0 radical (unpaired) electrons. The van der Waals surface area contributed by atoms with Crippen LogP contribution in [0.4, 0.5) is 16.2 Å². The van der Waals surface area contributed by atoms with Crippen molar-refractivity contribution in [1.29, 1.82) is 0 Å². The Hall–Kier alpha value is -2.74. The van der Waals surface area contributed by atoms with E-state index in [0.717, 1.165) is 18.4 Å². The third kappa shape index (κ3) is 6.66. The van der Waals surface area contributed by atoms with Crippen LogP contribution >= 0.6 is 0 Å². The number of hydrogen-bond donors (Lipinski definition) is 3. The highest BCUT2D eigenvalue weighted by atomic mass is 19.1. The van der Waals surface area contributed by atoms with E-state index >= 15 is 0 Å². The van der Waals surface area contributed by atoms with E-state index < -0.39 is 5.82 Å². The largest absolute Gasteiger partial charge is 0.466 e. The third-order valence-corrected chi connectivity index (χ3v) is 4.91. The summed E-state index contributed by atoms with van der Waals surface area (Å²) in [6.07, 6.45) is 2.63. The number of nitrogens with two attached hydrogens (primary N) is 1. The van der Waals surface area contributed by atoms with Crippen LogP contribution in [-0.4, -0.2) is 40.3 Å². The molecular weight excluding hydrogens is 387 g/mol. The van der Waals surface area contributed by atoms with Gasteiger partial charge in [0.2, 0.25) is 5.95 Å². The summed E-state index contributed by atoms with van der Waals surface area (Å²) < 4.78 is 19.7. The molecule has 8 heteroatoms. The van der Waals surface area contributed by atoms with E-state index in [2.05, 4.69) is 15.3 Å². The molecule has 0 fully saturated rings. The second kappa shape index (κ2) is 11.4. The predicted molar refractivity (Wildman–Crippen MR) is 115 cm³/mol. The Balaban J connectivity index is 2.26. The lowest BCUT2D eigenvalue weighted by Gasteiger charge is -2.21. The molecule has 30 heavy (non-hydrogen) atoms. The van der Waals surface area contributed by atoms with Gasteiger partial charge in [0, 0.05) is 30.3 Å². The quantitative estimate of drug-likeness (QED) is 0.481.